The van der Waals surface area contributed by atoms with Crippen LogP contribution in [0.25, 0.3) is 34.0 Å². The van der Waals surface area contributed by atoms with E-state index in [-0.39, 0.29) is 6.42 Å². The van der Waals surface area contributed by atoms with Crippen LogP contribution in [-0.4, -0.2) is 35.9 Å². The van der Waals surface area contributed by atoms with E-state index >= 15 is 0 Å². The summed E-state index contributed by atoms with van der Waals surface area (Å²) in [4.78, 5) is 19.7. The van der Waals surface area contributed by atoms with Crippen molar-refractivity contribution in [2.75, 3.05) is 0 Å². The van der Waals surface area contributed by atoms with Crippen molar-refractivity contribution in [1.29, 1.82) is 0 Å². The molecule has 0 spiro atoms. The minimum Gasteiger partial charge on any atom is -0.481 e. The van der Waals surface area contributed by atoms with Crippen LogP contribution < -0.4 is 0 Å². The van der Waals surface area contributed by atoms with Gasteiger partial charge in [0.1, 0.15) is 11.4 Å². The van der Waals surface area contributed by atoms with Crippen molar-refractivity contribution in [2.24, 2.45) is 0 Å². The fourth-order valence-corrected chi connectivity index (χ4v) is 3.56. The lowest BCUT2D eigenvalue weighted by Gasteiger charge is -2.10. The number of aliphatic carboxylic acids is 1. The molecule has 0 aliphatic heterocycles. The van der Waals surface area contributed by atoms with Crippen molar-refractivity contribution in [3.63, 3.8) is 0 Å². The monoisotopic (exact) mass is 391 g/mol. The predicted octanol–water partition coefficient (Wildman–Crippen LogP) is 3.26. The highest BCUT2D eigenvalue weighted by atomic mass is 16.5. The summed E-state index contributed by atoms with van der Waals surface area (Å²) < 4.78 is 12.7. The highest BCUT2D eigenvalue weighted by Gasteiger charge is 2.25. The van der Waals surface area contributed by atoms with E-state index < -0.39 is 5.97 Å². The summed E-state index contributed by atoms with van der Waals surface area (Å²) in [6, 6.07) is 3.78. The Bertz CT molecular complexity index is 1250. The molecule has 0 saturated heterocycles. The molecule has 29 heavy (non-hydrogen) atoms. The molecule has 9 heteroatoms. The van der Waals surface area contributed by atoms with Crippen LogP contribution in [0.4, 0.5) is 0 Å². The number of allylic oxidation sites excluding steroid dienone is 1. The number of aryl methyl sites for hydroxylation is 1. The van der Waals surface area contributed by atoms with Crippen molar-refractivity contribution >= 4 is 17.0 Å². The van der Waals surface area contributed by atoms with Crippen LogP contribution in [0.5, 0.6) is 0 Å². The fraction of sp³-hybridized carbons (Fsp3) is 0.250. The molecule has 0 aromatic carbocycles. The van der Waals surface area contributed by atoms with Crippen LogP contribution in [0.15, 0.2) is 45.7 Å². The van der Waals surface area contributed by atoms with Gasteiger partial charge in [-0.15, -0.1) is 0 Å². The van der Waals surface area contributed by atoms with Gasteiger partial charge in [-0.25, -0.2) is 4.98 Å². The second kappa shape index (κ2) is 6.69. The summed E-state index contributed by atoms with van der Waals surface area (Å²) in [5, 5.41) is 17.9. The van der Waals surface area contributed by atoms with Crippen LogP contribution in [-0.2, 0) is 24.2 Å². The average molecular weight is 391 g/mol. The number of aromatic nitrogens is 5. The standard InChI is InChI=1S/C20H17N5O4/c1-11-2-3-14-15(8-11)28-23-17(14)20-22-18(24-29-20)13-9-12-4-6-25(7-5-16(26)27)19(12)21-10-13/h4,6,9-10H,1-3,5,7-8H2,(H,26,27). The zero-order chi connectivity index (χ0) is 20.0. The van der Waals surface area contributed by atoms with Crippen LogP contribution in [0.1, 0.15) is 24.2 Å². The number of nitrogens with zero attached hydrogens (tertiary/aromatic N) is 5. The molecule has 4 aromatic heterocycles. The van der Waals surface area contributed by atoms with Gasteiger partial charge in [-0.05, 0) is 25.0 Å². The zero-order valence-electron chi connectivity index (χ0n) is 15.5. The first-order valence-electron chi connectivity index (χ1n) is 9.23. The molecule has 0 fully saturated rings. The Morgan fingerprint density at radius 1 is 1.28 bits per heavy atom. The average Bonchev–Trinajstić information content (AvgIpc) is 3.43. The van der Waals surface area contributed by atoms with Gasteiger partial charge in [-0.3, -0.25) is 4.79 Å². The van der Waals surface area contributed by atoms with Gasteiger partial charge >= 0.3 is 5.97 Å². The van der Waals surface area contributed by atoms with Gasteiger partial charge in [0.15, 0.2) is 5.69 Å². The van der Waals surface area contributed by atoms with Crippen LogP contribution in [0.3, 0.4) is 0 Å². The summed E-state index contributed by atoms with van der Waals surface area (Å²) in [6.07, 6.45) is 5.88. The molecule has 146 valence electrons. The van der Waals surface area contributed by atoms with Gasteiger partial charge in [0.25, 0.3) is 5.89 Å². The third kappa shape index (κ3) is 3.10. The number of fused-ring (bicyclic) bond motifs is 2. The summed E-state index contributed by atoms with van der Waals surface area (Å²) in [5.41, 5.74) is 4.12. The first-order valence-corrected chi connectivity index (χ1v) is 9.23. The lowest BCUT2D eigenvalue weighted by Crippen LogP contribution is -2.04. The lowest BCUT2D eigenvalue weighted by molar-refractivity contribution is -0.137. The maximum Gasteiger partial charge on any atom is 0.305 e. The quantitative estimate of drug-likeness (QED) is 0.515. The van der Waals surface area contributed by atoms with E-state index in [0.717, 1.165) is 35.1 Å². The maximum atomic E-state index is 10.8. The molecule has 0 amide bonds. The Labute approximate surface area is 164 Å². The molecule has 0 unspecified atom stereocenters. The Kier molecular flexibility index (Phi) is 4.01. The van der Waals surface area contributed by atoms with Crippen LogP contribution >= 0.6 is 0 Å². The molecule has 4 aromatic rings. The fourth-order valence-electron chi connectivity index (χ4n) is 3.56. The number of carbonyl (C=O) groups is 1. The van der Waals surface area contributed by atoms with Gasteiger partial charge in [-0.2, -0.15) is 4.98 Å². The molecule has 9 nitrogen and oxygen atoms in total. The normalized spacial score (nSPS) is 13.7. The van der Waals surface area contributed by atoms with E-state index in [2.05, 4.69) is 26.9 Å². The molecule has 5 rings (SSSR count). The molecule has 4 heterocycles. The minimum absolute atomic E-state index is 0.0385. The molecule has 0 atom stereocenters. The number of carboxylic acids is 1. The number of carboxylic acid groups (broad SMARTS) is 1. The predicted molar refractivity (Wildman–Crippen MR) is 102 cm³/mol. The lowest BCUT2D eigenvalue weighted by atomic mass is 9.93. The summed E-state index contributed by atoms with van der Waals surface area (Å²) in [5.74, 6) is 0.685. The van der Waals surface area contributed by atoms with E-state index in [9.17, 15) is 4.79 Å². The number of hydrogen-bond acceptors (Lipinski definition) is 7. The van der Waals surface area contributed by atoms with Crippen LogP contribution in [0.2, 0.25) is 0 Å². The van der Waals surface area contributed by atoms with Gasteiger partial charge in [-0.1, -0.05) is 22.5 Å². The molecule has 1 aliphatic carbocycles. The van der Waals surface area contributed by atoms with Crippen molar-refractivity contribution in [2.45, 2.75) is 32.2 Å². The van der Waals surface area contributed by atoms with E-state index in [1.807, 2.05) is 22.9 Å². The Hall–Kier alpha value is -3.75. The maximum absolute atomic E-state index is 10.8. The topological polar surface area (TPSA) is 120 Å². The molecule has 1 N–H and O–H groups in total. The van der Waals surface area contributed by atoms with Crippen molar-refractivity contribution in [3.05, 3.63) is 48.0 Å². The first kappa shape index (κ1) is 17.4. The summed E-state index contributed by atoms with van der Waals surface area (Å²) >= 11 is 0. The van der Waals surface area contributed by atoms with E-state index in [1.165, 1.54) is 0 Å². The van der Waals surface area contributed by atoms with Gasteiger partial charge in [0, 0.05) is 41.9 Å². The number of rotatable bonds is 5. The van der Waals surface area contributed by atoms with Gasteiger partial charge in [0.2, 0.25) is 5.82 Å². The Morgan fingerprint density at radius 3 is 3.03 bits per heavy atom. The Balaban J connectivity index is 1.44. The van der Waals surface area contributed by atoms with Crippen molar-refractivity contribution < 1.29 is 18.9 Å². The Morgan fingerprint density at radius 2 is 2.17 bits per heavy atom. The van der Waals surface area contributed by atoms with Crippen LogP contribution in [0, 0.1) is 0 Å². The first-order chi connectivity index (χ1) is 14.1. The minimum atomic E-state index is -0.845. The molecule has 0 bridgehead atoms. The smallest absolute Gasteiger partial charge is 0.305 e. The summed E-state index contributed by atoms with van der Waals surface area (Å²) in [7, 11) is 0. The molecule has 0 radical (unpaired) electrons. The number of pyridine rings is 1. The molecule has 1 aliphatic rings. The molecule has 0 saturated carbocycles. The second-order valence-corrected chi connectivity index (χ2v) is 7.07. The molecular formula is C20H17N5O4. The highest BCUT2D eigenvalue weighted by molar-refractivity contribution is 5.81. The SMILES string of the molecule is C=C1CCc2c(-c3nc(-c4cnc5c(ccn5CCC(=O)O)c4)no3)noc2C1. The van der Waals surface area contributed by atoms with Crippen molar-refractivity contribution in [3.8, 4) is 23.0 Å². The van der Waals surface area contributed by atoms with Gasteiger partial charge < -0.3 is 18.7 Å². The molecular weight excluding hydrogens is 374 g/mol. The number of hydrogen-bond donors (Lipinski definition) is 1. The summed E-state index contributed by atoms with van der Waals surface area (Å²) in [6.45, 7) is 4.37. The second-order valence-electron chi connectivity index (χ2n) is 7.07. The van der Waals surface area contributed by atoms with E-state index in [4.69, 9.17) is 14.2 Å². The third-order valence-corrected chi connectivity index (χ3v) is 5.06. The van der Waals surface area contributed by atoms with E-state index in [1.54, 1.807) is 6.20 Å². The zero-order valence-corrected chi connectivity index (χ0v) is 15.5. The van der Waals surface area contributed by atoms with Gasteiger partial charge in [0.05, 0.1) is 6.42 Å². The third-order valence-electron chi connectivity index (χ3n) is 5.06. The largest absolute Gasteiger partial charge is 0.481 e. The van der Waals surface area contributed by atoms with Crippen molar-refractivity contribution in [1.82, 2.24) is 24.8 Å². The highest BCUT2D eigenvalue weighted by Crippen LogP contribution is 2.32. The van der Waals surface area contributed by atoms with E-state index in [0.29, 0.717) is 41.6 Å².